The van der Waals surface area contributed by atoms with Crippen LogP contribution < -0.4 is 4.74 Å². The van der Waals surface area contributed by atoms with Crippen molar-refractivity contribution in [2.45, 2.75) is 19.8 Å². The van der Waals surface area contributed by atoms with E-state index in [2.05, 4.69) is 5.10 Å². The predicted molar refractivity (Wildman–Crippen MR) is 91.0 cm³/mol. The van der Waals surface area contributed by atoms with Gasteiger partial charge in [-0.15, -0.1) is 0 Å². The summed E-state index contributed by atoms with van der Waals surface area (Å²) in [4.78, 5) is 25.7. The normalized spacial score (nSPS) is 20.3. The number of ether oxygens (including phenoxy) is 1. The van der Waals surface area contributed by atoms with Gasteiger partial charge in [0, 0.05) is 19.3 Å². The number of carboxylic acid groups (broad SMARTS) is 1. The van der Waals surface area contributed by atoms with Crippen LogP contribution in [0.25, 0.3) is 5.69 Å². The van der Waals surface area contributed by atoms with Crippen molar-refractivity contribution in [1.29, 1.82) is 0 Å². The zero-order valence-corrected chi connectivity index (χ0v) is 14.3. The molecule has 1 aromatic heterocycles. The Morgan fingerprint density at radius 1 is 1.24 bits per heavy atom. The van der Waals surface area contributed by atoms with E-state index in [1.54, 1.807) is 35.9 Å². The number of nitrogens with zero attached hydrogens (tertiary/aromatic N) is 3. The lowest BCUT2D eigenvalue weighted by Crippen LogP contribution is -2.48. The van der Waals surface area contributed by atoms with Gasteiger partial charge in [0.2, 0.25) is 0 Å². The van der Waals surface area contributed by atoms with Gasteiger partial charge in [0.25, 0.3) is 5.91 Å². The van der Waals surface area contributed by atoms with Crippen molar-refractivity contribution in [1.82, 2.24) is 14.7 Å². The number of aliphatic carboxylic acids is 1. The molecule has 1 N–H and O–H groups in total. The molecule has 1 fully saturated rings. The Morgan fingerprint density at radius 3 is 2.60 bits per heavy atom. The molecule has 25 heavy (non-hydrogen) atoms. The number of piperidine rings is 1. The molecule has 3 rings (SSSR count). The Bertz CT molecular complexity index is 784. The van der Waals surface area contributed by atoms with Gasteiger partial charge >= 0.3 is 5.97 Å². The van der Waals surface area contributed by atoms with E-state index < -0.39 is 11.4 Å². The zero-order valence-electron chi connectivity index (χ0n) is 14.3. The van der Waals surface area contributed by atoms with Gasteiger partial charge in [0.15, 0.2) is 5.69 Å². The van der Waals surface area contributed by atoms with Crippen LogP contribution in [-0.4, -0.2) is 51.9 Å². The van der Waals surface area contributed by atoms with Crippen LogP contribution in [0.15, 0.2) is 36.5 Å². The molecule has 0 aliphatic carbocycles. The van der Waals surface area contributed by atoms with Crippen molar-refractivity contribution in [2.24, 2.45) is 5.41 Å². The van der Waals surface area contributed by atoms with Gasteiger partial charge in [-0.2, -0.15) is 5.10 Å². The number of aromatic nitrogens is 2. The molecule has 1 unspecified atom stereocenters. The fourth-order valence-electron chi connectivity index (χ4n) is 3.07. The maximum Gasteiger partial charge on any atom is 0.311 e. The molecule has 1 aliphatic rings. The molecule has 1 aliphatic heterocycles. The smallest absolute Gasteiger partial charge is 0.311 e. The monoisotopic (exact) mass is 343 g/mol. The number of carbonyl (C=O) groups is 2. The van der Waals surface area contributed by atoms with E-state index in [-0.39, 0.29) is 12.5 Å². The summed E-state index contributed by atoms with van der Waals surface area (Å²) in [5.74, 6) is -0.360. The highest BCUT2D eigenvalue weighted by atomic mass is 16.5. The number of likely N-dealkylation sites (tertiary alicyclic amines) is 1. The Labute approximate surface area is 145 Å². The summed E-state index contributed by atoms with van der Waals surface area (Å²) in [7, 11) is 1.60. The lowest BCUT2D eigenvalue weighted by molar-refractivity contribution is -0.150. The van der Waals surface area contributed by atoms with Crippen LogP contribution >= 0.6 is 0 Å². The first kappa shape index (κ1) is 17.0. The Balaban J connectivity index is 1.77. The van der Waals surface area contributed by atoms with Gasteiger partial charge in [-0.05, 0) is 50.1 Å². The third-order valence-electron chi connectivity index (χ3n) is 4.65. The molecule has 7 heteroatoms. The van der Waals surface area contributed by atoms with E-state index in [0.29, 0.717) is 25.1 Å². The van der Waals surface area contributed by atoms with Crippen LogP contribution in [0, 0.1) is 5.41 Å². The maximum atomic E-state index is 12.7. The van der Waals surface area contributed by atoms with E-state index in [9.17, 15) is 14.7 Å². The van der Waals surface area contributed by atoms with Gasteiger partial charge in [-0.1, -0.05) is 0 Å². The molecular weight excluding hydrogens is 322 g/mol. The molecule has 1 amide bonds. The van der Waals surface area contributed by atoms with Gasteiger partial charge in [-0.3, -0.25) is 9.59 Å². The Hall–Kier alpha value is -2.83. The molecule has 0 radical (unpaired) electrons. The van der Waals surface area contributed by atoms with Gasteiger partial charge in [-0.25, -0.2) is 4.68 Å². The van der Waals surface area contributed by atoms with E-state index in [1.807, 2.05) is 24.3 Å². The molecule has 0 saturated carbocycles. The molecular formula is C18H21N3O4. The predicted octanol–water partition coefficient (Wildman–Crippen LogP) is 2.21. The highest BCUT2D eigenvalue weighted by Crippen LogP contribution is 2.30. The minimum absolute atomic E-state index is 0.205. The fourth-order valence-corrected chi connectivity index (χ4v) is 3.07. The van der Waals surface area contributed by atoms with Crippen LogP contribution in [0.5, 0.6) is 5.75 Å². The number of hydrogen-bond donors (Lipinski definition) is 1. The van der Waals surface area contributed by atoms with Crippen LogP contribution in [0.3, 0.4) is 0 Å². The minimum atomic E-state index is -0.896. The van der Waals surface area contributed by atoms with Crippen molar-refractivity contribution in [3.63, 3.8) is 0 Å². The molecule has 2 aromatic rings. The first-order valence-electron chi connectivity index (χ1n) is 8.16. The summed E-state index contributed by atoms with van der Waals surface area (Å²) in [6.45, 7) is 2.44. The highest BCUT2D eigenvalue weighted by Gasteiger charge is 2.39. The molecule has 0 spiro atoms. The second-order valence-corrected chi connectivity index (χ2v) is 6.54. The molecule has 2 heterocycles. The van der Waals surface area contributed by atoms with Crippen molar-refractivity contribution >= 4 is 11.9 Å². The van der Waals surface area contributed by atoms with Crippen LogP contribution in [-0.2, 0) is 4.79 Å². The summed E-state index contributed by atoms with van der Waals surface area (Å²) in [6, 6.07) is 8.99. The molecule has 7 nitrogen and oxygen atoms in total. The lowest BCUT2D eigenvalue weighted by Gasteiger charge is -2.37. The van der Waals surface area contributed by atoms with Crippen LogP contribution in [0.4, 0.5) is 0 Å². The largest absolute Gasteiger partial charge is 0.497 e. The summed E-state index contributed by atoms with van der Waals surface area (Å²) in [6.07, 6.45) is 2.97. The SMILES string of the molecule is COc1ccc(-n2ccc(C(=O)N3CCCC(C)(C(=O)O)C3)n2)cc1. The third kappa shape index (κ3) is 3.35. The Morgan fingerprint density at radius 2 is 1.96 bits per heavy atom. The third-order valence-corrected chi connectivity index (χ3v) is 4.65. The van der Waals surface area contributed by atoms with Crippen LogP contribution in [0.1, 0.15) is 30.3 Å². The minimum Gasteiger partial charge on any atom is -0.497 e. The molecule has 1 aromatic carbocycles. The second kappa shape index (κ2) is 6.58. The van der Waals surface area contributed by atoms with Gasteiger partial charge in [0.1, 0.15) is 5.75 Å². The van der Waals surface area contributed by atoms with Crippen molar-refractivity contribution in [3.8, 4) is 11.4 Å². The molecule has 132 valence electrons. The Kier molecular flexibility index (Phi) is 4.48. The van der Waals surface area contributed by atoms with E-state index >= 15 is 0 Å². The topological polar surface area (TPSA) is 84.7 Å². The van der Waals surface area contributed by atoms with E-state index in [4.69, 9.17) is 4.74 Å². The summed E-state index contributed by atoms with van der Waals surface area (Å²) < 4.78 is 6.75. The van der Waals surface area contributed by atoms with Gasteiger partial charge in [0.05, 0.1) is 18.2 Å². The van der Waals surface area contributed by atoms with Crippen molar-refractivity contribution in [2.75, 3.05) is 20.2 Å². The average molecular weight is 343 g/mol. The molecule has 1 saturated heterocycles. The van der Waals surface area contributed by atoms with Gasteiger partial charge < -0.3 is 14.7 Å². The number of amides is 1. The molecule has 1 atom stereocenters. The zero-order chi connectivity index (χ0) is 18.0. The summed E-state index contributed by atoms with van der Waals surface area (Å²) >= 11 is 0. The number of carbonyl (C=O) groups excluding carboxylic acids is 1. The number of carboxylic acids is 1. The van der Waals surface area contributed by atoms with E-state index in [1.165, 1.54) is 0 Å². The van der Waals surface area contributed by atoms with Crippen LogP contribution in [0.2, 0.25) is 0 Å². The quantitative estimate of drug-likeness (QED) is 0.920. The second-order valence-electron chi connectivity index (χ2n) is 6.54. The van der Waals surface area contributed by atoms with E-state index in [0.717, 1.165) is 11.4 Å². The number of benzene rings is 1. The fraction of sp³-hybridized carbons (Fsp3) is 0.389. The standard InChI is InChI=1S/C18H21N3O4/c1-18(17(23)24)9-3-10-20(12-18)16(22)15-8-11-21(19-15)13-4-6-14(25-2)7-5-13/h4-8,11H,3,9-10,12H2,1-2H3,(H,23,24). The molecule has 0 bridgehead atoms. The maximum absolute atomic E-state index is 12.7. The van der Waals surface area contributed by atoms with Crippen molar-refractivity contribution < 1.29 is 19.4 Å². The number of hydrogen-bond acceptors (Lipinski definition) is 4. The van der Waals surface area contributed by atoms with Crippen molar-refractivity contribution in [3.05, 3.63) is 42.2 Å². The first-order valence-corrected chi connectivity index (χ1v) is 8.16. The first-order chi connectivity index (χ1) is 11.9. The lowest BCUT2D eigenvalue weighted by atomic mass is 9.82. The average Bonchev–Trinajstić information content (AvgIpc) is 3.11. The number of methoxy groups -OCH3 is 1. The summed E-state index contributed by atoms with van der Waals surface area (Å²) in [5, 5.41) is 13.7. The summed E-state index contributed by atoms with van der Waals surface area (Å²) in [5.41, 5.74) is 0.228. The number of rotatable bonds is 4. The highest BCUT2D eigenvalue weighted by molar-refractivity contribution is 5.92.